The van der Waals surface area contributed by atoms with Crippen LogP contribution in [-0.2, 0) is 0 Å². The fraction of sp³-hybridized carbons (Fsp3) is 0.733. The number of allylic oxidation sites excluding steroid dienone is 5. The van der Waals surface area contributed by atoms with Crippen molar-refractivity contribution in [2.75, 3.05) is 0 Å². The van der Waals surface area contributed by atoms with Crippen LogP contribution in [0.4, 0.5) is 0 Å². The third-order valence-corrected chi connectivity index (χ3v) is 8.80. The second kappa shape index (κ2) is 13.0. The van der Waals surface area contributed by atoms with Crippen LogP contribution in [0.5, 0.6) is 0 Å². The number of hydrogen-bond acceptors (Lipinski definition) is 4. The van der Waals surface area contributed by atoms with Gasteiger partial charge in [-0.1, -0.05) is 86.3 Å². The van der Waals surface area contributed by atoms with Crippen LogP contribution in [0, 0.1) is 34.5 Å². The number of hydrogen-bond donors (Lipinski definition) is 4. The lowest BCUT2D eigenvalue weighted by Gasteiger charge is -2.51. The highest BCUT2D eigenvalue weighted by molar-refractivity contribution is 5.35. The molecule has 0 bridgehead atoms. The molecule has 4 N–H and O–H groups in total. The molecule has 0 spiro atoms. The summed E-state index contributed by atoms with van der Waals surface area (Å²) in [5.41, 5.74) is 1.21. The summed E-state index contributed by atoms with van der Waals surface area (Å²) in [4.78, 5) is 0. The van der Waals surface area contributed by atoms with Crippen molar-refractivity contribution in [1.82, 2.24) is 0 Å². The monoisotopic (exact) mass is 476 g/mol. The molecule has 0 aliphatic heterocycles. The van der Waals surface area contributed by atoms with Gasteiger partial charge in [0, 0.05) is 12.3 Å². The summed E-state index contributed by atoms with van der Waals surface area (Å²) in [6.45, 7) is 22.1. The van der Waals surface area contributed by atoms with Crippen LogP contribution in [0.15, 0.2) is 48.5 Å². The molecule has 4 nitrogen and oxygen atoms in total. The highest BCUT2D eigenvalue weighted by Crippen LogP contribution is 2.54. The Bertz CT molecular complexity index is 738. The molecule has 0 heterocycles. The van der Waals surface area contributed by atoms with E-state index in [0.717, 1.165) is 32.1 Å². The van der Waals surface area contributed by atoms with Gasteiger partial charge >= 0.3 is 0 Å². The largest absolute Gasteiger partial charge is 0.513 e. The first-order chi connectivity index (χ1) is 15.7. The van der Waals surface area contributed by atoms with Gasteiger partial charge in [-0.15, -0.1) is 0 Å². The van der Waals surface area contributed by atoms with Crippen LogP contribution in [0.3, 0.4) is 0 Å². The first-order valence-corrected chi connectivity index (χ1v) is 13.2. The summed E-state index contributed by atoms with van der Waals surface area (Å²) >= 11 is 0. The Labute approximate surface area is 209 Å². The molecule has 0 fully saturated rings. The molecule has 2 aliphatic carbocycles. The predicted molar refractivity (Wildman–Crippen MR) is 144 cm³/mol. The van der Waals surface area contributed by atoms with Crippen molar-refractivity contribution in [3.05, 3.63) is 48.5 Å². The summed E-state index contributed by atoms with van der Waals surface area (Å²) in [5.74, 6) is 2.11. The van der Waals surface area contributed by atoms with Crippen molar-refractivity contribution in [3.63, 3.8) is 0 Å². The van der Waals surface area contributed by atoms with E-state index in [4.69, 9.17) is 5.11 Å². The van der Waals surface area contributed by atoms with Crippen molar-refractivity contribution in [1.29, 1.82) is 0 Å². The minimum atomic E-state index is -0.368. The Morgan fingerprint density at radius 2 is 1.85 bits per heavy atom. The average molecular weight is 477 g/mol. The van der Waals surface area contributed by atoms with E-state index in [1.54, 1.807) is 0 Å². The summed E-state index contributed by atoms with van der Waals surface area (Å²) < 4.78 is 0. The van der Waals surface area contributed by atoms with E-state index in [1.807, 2.05) is 19.9 Å². The van der Waals surface area contributed by atoms with Gasteiger partial charge in [0.25, 0.3) is 0 Å². The van der Waals surface area contributed by atoms with Gasteiger partial charge in [-0.25, -0.2) is 0 Å². The standard InChI is InChI=1S/C24H40O3.C6H12O/c1-7-23(5,14-18(4)25)15-20(26)10-11-22-16(2)8-9-19-13-21(27)12-17(3)24(19,22)6;1-4-5(2)6(3)7/h8-9,13,16-17,20-22,25-27H,4,7,10-12,14-15H2,1-3,5-6H3;5,7H,3-4H2,1-2H3/t16-,17?,20+,21-,22-,23?,24-;5-/m00/s1. The molecule has 2 rings (SSSR count). The number of aliphatic hydroxyl groups excluding tert-OH is 4. The molecular weight excluding hydrogens is 424 g/mol. The van der Waals surface area contributed by atoms with Gasteiger partial charge in [0.2, 0.25) is 0 Å². The van der Waals surface area contributed by atoms with Gasteiger partial charge in [-0.2, -0.15) is 0 Å². The fourth-order valence-electron chi connectivity index (χ4n) is 5.77. The average Bonchev–Trinajstić information content (AvgIpc) is 2.73. The maximum Gasteiger partial charge on any atom is 0.0879 e. The van der Waals surface area contributed by atoms with Gasteiger partial charge in [0.05, 0.1) is 23.7 Å². The number of fused-ring (bicyclic) bond motifs is 1. The zero-order valence-corrected chi connectivity index (χ0v) is 22.8. The maximum atomic E-state index is 10.7. The lowest BCUT2D eigenvalue weighted by molar-refractivity contribution is 0.0351. The zero-order chi connectivity index (χ0) is 26.3. The highest BCUT2D eigenvalue weighted by atomic mass is 16.3. The lowest BCUT2D eigenvalue weighted by Crippen LogP contribution is -2.44. The summed E-state index contributed by atoms with van der Waals surface area (Å²) in [5, 5.41) is 39.1. The van der Waals surface area contributed by atoms with E-state index in [2.05, 4.69) is 59.9 Å². The van der Waals surface area contributed by atoms with Crippen molar-refractivity contribution < 1.29 is 20.4 Å². The second-order valence-corrected chi connectivity index (χ2v) is 11.6. The topological polar surface area (TPSA) is 80.9 Å². The van der Waals surface area contributed by atoms with Crippen molar-refractivity contribution in [2.24, 2.45) is 34.5 Å². The van der Waals surface area contributed by atoms with E-state index < -0.39 is 0 Å². The van der Waals surface area contributed by atoms with E-state index >= 15 is 0 Å². The van der Waals surface area contributed by atoms with E-state index in [1.165, 1.54) is 5.57 Å². The van der Waals surface area contributed by atoms with Gasteiger partial charge < -0.3 is 20.4 Å². The normalized spacial score (nSPS) is 31.7. The van der Waals surface area contributed by atoms with Crippen LogP contribution in [0.25, 0.3) is 0 Å². The minimum absolute atomic E-state index is 0.0561. The summed E-state index contributed by atoms with van der Waals surface area (Å²) in [6.07, 6.45) is 11.5. The van der Waals surface area contributed by atoms with Crippen LogP contribution in [-0.4, -0.2) is 32.6 Å². The Morgan fingerprint density at radius 1 is 1.24 bits per heavy atom. The van der Waals surface area contributed by atoms with Crippen LogP contribution < -0.4 is 0 Å². The molecule has 8 atom stereocenters. The molecule has 2 aliphatic rings. The Hall–Kier alpha value is -1.52. The molecule has 0 saturated heterocycles. The number of rotatable bonds is 10. The quantitative estimate of drug-likeness (QED) is 0.244. The predicted octanol–water partition coefficient (Wildman–Crippen LogP) is 7.66. The molecular formula is C30H52O4. The van der Waals surface area contributed by atoms with Crippen LogP contribution >= 0.6 is 0 Å². The maximum absolute atomic E-state index is 10.7. The Kier molecular flexibility index (Phi) is 11.6. The minimum Gasteiger partial charge on any atom is -0.513 e. The van der Waals surface area contributed by atoms with Gasteiger partial charge in [-0.3, -0.25) is 0 Å². The summed E-state index contributed by atoms with van der Waals surface area (Å²) in [7, 11) is 0. The summed E-state index contributed by atoms with van der Waals surface area (Å²) in [6, 6.07) is 0. The van der Waals surface area contributed by atoms with Gasteiger partial charge in [0.15, 0.2) is 0 Å². The second-order valence-electron chi connectivity index (χ2n) is 11.6. The van der Waals surface area contributed by atoms with E-state index in [-0.39, 0.29) is 34.7 Å². The zero-order valence-electron chi connectivity index (χ0n) is 22.8. The smallest absolute Gasteiger partial charge is 0.0879 e. The molecule has 0 aromatic carbocycles. The van der Waals surface area contributed by atoms with Crippen LogP contribution in [0.1, 0.15) is 93.4 Å². The van der Waals surface area contributed by atoms with E-state index in [9.17, 15) is 15.3 Å². The third-order valence-electron chi connectivity index (χ3n) is 8.80. The molecule has 0 amide bonds. The van der Waals surface area contributed by atoms with Gasteiger partial charge in [0.1, 0.15) is 0 Å². The molecule has 0 aromatic heterocycles. The third kappa shape index (κ3) is 8.02. The molecule has 196 valence electrons. The molecule has 4 heteroatoms. The van der Waals surface area contributed by atoms with Crippen LogP contribution in [0.2, 0.25) is 0 Å². The Balaban J connectivity index is 0.000000718. The first kappa shape index (κ1) is 30.5. The molecule has 0 aromatic rings. The highest BCUT2D eigenvalue weighted by Gasteiger charge is 2.47. The van der Waals surface area contributed by atoms with Gasteiger partial charge in [-0.05, 0) is 66.3 Å². The molecule has 0 radical (unpaired) electrons. The SMILES string of the molecule is C=C(O)CC(C)(CC)C[C@H](O)CC[C@H]1[C@@H](C)C=CC2=C[C@@H](O)CC(C)[C@@]21C.C=C(O)[C@@H](C)CC. The lowest BCUT2D eigenvalue weighted by atomic mass is 9.54. The number of aliphatic hydroxyl groups is 4. The first-order valence-electron chi connectivity index (χ1n) is 13.2. The molecule has 2 unspecified atom stereocenters. The fourth-order valence-corrected chi connectivity index (χ4v) is 5.77. The van der Waals surface area contributed by atoms with Crippen molar-refractivity contribution in [3.8, 4) is 0 Å². The van der Waals surface area contributed by atoms with Crippen molar-refractivity contribution >= 4 is 0 Å². The Morgan fingerprint density at radius 3 is 2.32 bits per heavy atom. The van der Waals surface area contributed by atoms with E-state index in [0.29, 0.717) is 36.4 Å². The molecule has 34 heavy (non-hydrogen) atoms. The van der Waals surface area contributed by atoms with Crippen molar-refractivity contribution in [2.45, 2.75) is 106 Å². The molecule has 0 saturated carbocycles.